The van der Waals surface area contributed by atoms with E-state index in [1.54, 1.807) is 11.4 Å². The van der Waals surface area contributed by atoms with Crippen molar-refractivity contribution in [1.29, 1.82) is 0 Å². The molecule has 3 rings (SSSR count). The molecule has 3 heterocycles. The minimum Gasteiger partial charge on any atom is -0.477 e. The molecular weight excluding hydrogens is 308 g/mol. The summed E-state index contributed by atoms with van der Waals surface area (Å²) in [5, 5.41) is 20.8. The number of aliphatic carboxylic acids is 1. The molecule has 0 saturated carbocycles. The molecule has 8 heteroatoms. The summed E-state index contributed by atoms with van der Waals surface area (Å²) in [6.07, 6.45) is -0.482. The molecule has 4 N–H and O–H groups in total. The van der Waals surface area contributed by atoms with E-state index in [-0.39, 0.29) is 17.6 Å². The van der Waals surface area contributed by atoms with E-state index in [1.807, 2.05) is 0 Å². The fourth-order valence-electron chi connectivity index (χ4n) is 3.15. The molecule has 0 aromatic carbocycles. The molecule has 7 nitrogen and oxygen atoms in total. The standard InChI is InChI=1S/C14H14N2O5S/c1-5(17)10-8-3-7(6-2-9(12(15)18)22-4-6)11(14(20)21)16(8)13(10)19/h2,4-5,8,10,17H,3H2,1H3,(H2,15,18)(H,20,21)/t5-,8-,10-/m1/s1. The number of hydrogen-bond donors (Lipinski definition) is 3. The van der Waals surface area contributed by atoms with Gasteiger partial charge in [-0.1, -0.05) is 0 Å². The molecule has 0 aliphatic carbocycles. The second-order valence-corrected chi connectivity index (χ2v) is 6.35. The van der Waals surface area contributed by atoms with E-state index in [4.69, 9.17) is 5.73 Å². The Morgan fingerprint density at radius 2 is 2.18 bits per heavy atom. The van der Waals surface area contributed by atoms with Crippen molar-refractivity contribution < 1.29 is 24.6 Å². The Labute approximate surface area is 129 Å². The van der Waals surface area contributed by atoms with Crippen molar-refractivity contribution in [3.63, 3.8) is 0 Å². The molecule has 1 saturated heterocycles. The van der Waals surface area contributed by atoms with Gasteiger partial charge in [-0.25, -0.2) is 4.79 Å². The number of carbonyl (C=O) groups excluding carboxylic acids is 2. The number of amides is 2. The first-order chi connectivity index (χ1) is 10.3. The van der Waals surface area contributed by atoms with E-state index in [1.165, 1.54) is 11.8 Å². The number of rotatable bonds is 4. The lowest BCUT2D eigenvalue weighted by molar-refractivity contribution is -0.161. The average Bonchev–Trinajstić information content (AvgIpc) is 2.99. The fourth-order valence-corrected chi connectivity index (χ4v) is 3.93. The van der Waals surface area contributed by atoms with Gasteiger partial charge in [0.05, 0.1) is 22.9 Å². The van der Waals surface area contributed by atoms with Crippen molar-refractivity contribution in [3.8, 4) is 0 Å². The van der Waals surface area contributed by atoms with E-state index in [0.717, 1.165) is 11.3 Å². The Morgan fingerprint density at radius 3 is 2.68 bits per heavy atom. The van der Waals surface area contributed by atoms with Crippen molar-refractivity contribution in [3.05, 3.63) is 27.6 Å². The highest BCUT2D eigenvalue weighted by atomic mass is 32.1. The lowest BCUT2D eigenvalue weighted by Crippen LogP contribution is -2.61. The number of carbonyl (C=O) groups is 3. The molecular formula is C14H14N2O5S. The molecule has 22 heavy (non-hydrogen) atoms. The molecule has 2 aliphatic rings. The highest BCUT2D eigenvalue weighted by molar-refractivity contribution is 7.12. The molecule has 2 amide bonds. The molecule has 0 radical (unpaired) electrons. The number of carboxylic acids is 1. The number of aliphatic hydroxyl groups excluding tert-OH is 1. The van der Waals surface area contributed by atoms with Crippen LogP contribution in [0.3, 0.4) is 0 Å². The topological polar surface area (TPSA) is 121 Å². The van der Waals surface area contributed by atoms with Crippen LogP contribution in [-0.2, 0) is 9.59 Å². The lowest BCUT2D eigenvalue weighted by atomic mass is 9.82. The summed E-state index contributed by atoms with van der Waals surface area (Å²) in [7, 11) is 0. The van der Waals surface area contributed by atoms with Gasteiger partial charge in [0.25, 0.3) is 5.91 Å². The van der Waals surface area contributed by atoms with Crippen LogP contribution in [0.1, 0.15) is 28.6 Å². The van der Waals surface area contributed by atoms with Crippen molar-refractivity contribution >= 4 is 34.7 Å². The maximum Gasteiger partial charge on any atom is 0.352 e. The first-order valence-corrected chi connectivity index (χ1v) is 7.57. The average molecular weight is 322 g/mol. The summed E-state index contributed by atoms with van der Waals surface area (Å²) < 4.78 is 0. The summed E-state index contributed by atoms with van der Waals surface area (Å²) in [4.78, 5) is 36.4. The van der Waals surface area contributed by atoms with Crippen LogP contribution in [0.5, 0.6) is 0 Å². The predicted octanol–water partition coefficient (Wildman–Crippen LogP) is 0.254. The fraction of sp³-hybridized carbons (Fsp3) is 0.357. The minimum atomic E-state index is -1.19. The molecule has 1 aromatic heterocycles. The summed E-state index contributed by atoms with van der Waals surface area (Å²) in [5.41, 5.74) is 6.23. The zero-order valence-corrected chi connectivity index (χ0v) is 12.5. The van der Waals surface area contributed by atoms with Gasteiger partial charge >= 0.3 is 5.97 Å². The van der Waals surface area contributed by atoms with Gasteiger partial charge in [0, 0.05) is 0 Å². The van der Waals surface area contributed by atoms with Crippen LogP contribution in [0.25, 0.3) is 5.57 Å². The van der Waals surface area contributed by atoms with Crippen LogP contribution in [0.2, 0.25) is 0 Å². The Bertz CT molecular complexity index is 721. The smallest absolute Gasteiger partial charge is 0.352 e. The van der Waals surface area contributed by atoms with E-state index in [2.05, 4.69) is 0 Å². The highest BCUT2D eigenvalue weighted by Crippen LogP contribution is 2.47. The summed E-state index contributed by atoms with van der Waals surface area (Å²) in [5.74, 6) is -2.73. The third-order valence-corrected chi connectivity index (χ3v) is 5.07. The van der Waals surface area contributed by atoms with Crippen molar-refractivity contribution in [2.45, 2.75) is 25.5 Å². The molecule has 0 bridgehead atoms. The van der Waals surface area contributed by atoms with Gasteiger partial charge in [-0.15, -0.1) is 11.3 Å². The zero-order chi connectivity index (χ0) is 16.2. The SMILES string of the molecule is C[C@@H](O)[C@H]1C(=O)N2C(C(=O)O)=C(c3csc(C(N)=O)c3)C[C@H]12. The Morgan fingerprint density at radius 1 is 1.50 bits per heavy atom. The van der Waals surface area contributed by atoms with Crippen LogP contribution in [0, 0.1) is 5.92 Å². The van der Waals surface area contributed by atoms with Gasteiger partial charge in [0.15, 0.2) is 0 Å². The van der Waals surface area contributed by atoms with Crippen molar-refractivity contribution in [2.24, 2.45) is 11.7 Å². The normalized spacial score (nSPS) is 25.0. The second kappa shape index (κ2) is 4.92. The largest absolute Gasteiger partial charge is 0.477 e. The van der Waals surface area contributed by atoms with E-state index >= 15 is 0 Å². The van der Waals surface area contributed by atoms with Gasteiger partial charge in [0.1, 0.15) is 5.70 Å². The molecule has 3 atom stereocenters. The van der Waals surface area contributed by atoms with Crippen LogP contribution in [0.4, 0.5) is 0 Å². The number of nitrogens with zero attached hydrogens (tertiary/aromatic N) is 1. The quantitative estimate of drug-likeness (QED) is 0.686. The molecule has 1 fully saturated rings. The Hall–Kier alpha value is -2.19. The first kappa shape index (κ1) is 14.7. The summed E-state index contributed by atoms with van der Waals surface area (Å²) >= 11 is 1.13. The predicted molar refractivity (Wildman–Crippen MR) is 77.8 cm³/mol. The zero-order valence-electron chi connectivity index (χ0n) is 11.6. The number of thiophene rings is 1. The first-order valence-electron chi connectivity index (χ1n) is 6.69. The molecule has 2 aliphatic heterocycles. The van der Waals surface area contributed by atoms with Crippen LogP contribution < -0.4 is 5.73 Å². The van der Waals surface area contributed by atoms with Crippen LogP contribution >= 0.6 is 11.3 Å². The molecule has 0 spiro atoms. The minimum absolute atomic E-state index is 0.0688. The molecule has 116 valence electrons. The summed E-state index contributed by atoms with van der Waals surface area (Å²) in [6.45, 7) is 1.52. The second-order valence-electron chi connectivity index (χ2n) is 5.44. The van der Waals surface area contributed by atoms with E-state index in [9.17, 15) is 24.6 Å². The highest BCUT2D eigenvalue weighted by Gasteiger charge is 2.56. The maximum absolute atomic E-state index is 12.1. The van der Waals surface area contributed by atoms with Gasteiger partial charge in [-0.05, 0) is 35.9 Å². The third kappa shape index (κ3) is 1.95. The van der Waals surface area contributed by atoms with Gasteiger partial charge in [-0.3, -0.25) is 9.59 Å². The van der Waals surface area contributed by atoms with Gasteiger partial charge in [0.2, 0.25) is 5.91 Å². The monoisotopic (exact) mass is 322 g/mol. The Balaban J connectivity index is 2.01. The number of β-lactam (4-membered cyclic amide) rings is 1. The third-order valence-electron chi connectivity index (χ3n) is 4.12. The van der Waals surface area contributed by atoms with E-state index in [0.29, 0.717) is 22.4 Å². The van der Waals surface area contributed by atoms with Crippen molar-refractivity contribution in [2.75, 3.05) is 0 Å². The lowest BCUT2D eigenvalue weighted by Gasteiger charge is -2.44. The van der Waals surface area contributed by atoms with Crippen LogP contribution in [-0.4, -0.2) is 45.0 Å². The van der Waals surface area contributed by atoms with Gasteiger partial charge < -0.3 is 20.8 Å². The molecule has 0 unspecified atom stereocenters. The molecule has 1 aromatic rings. The number of fused-ring (bicyclic) bond motifs is 1. The Kier molecular flexibility index (Phi) is 3.30. The number of aliphatic hydroxyl groups is 1. The number of primary amides is 1. The van der Waals surface area contributed by atoms with Crippen molar-refractivity contribution in [1.82, 2.24) is 4.90 Å². The number of carboxylic acid groups (broad SMARTS) is 1. The summed E-state index contributed by atoms with van der Waals surface area (Å²) in [6, 6.07) is 1.20. The maximum atomic E-state index is 12.1. The van der Waals surface area contributed by atoms with Gasteiger partial charge in [-0.2, -0.15) is 0 Å². The number of nitrogens with two attached hydrogens (primary N) is 1. The van der Waals surface area contributed by atoms with E-state index < -0.39 is 23.9 Å². The number of hydrogen-bond acceptors (Lipinski definition) is 5. The van der Waals surface area contributed by atoms with Crippen LogP contribution in [0.15, 0.2) is 17.1 Å².